The maximum absolute atomic E-state index is 12.5. The highest BCUT2D eigenvalue weighted by Gasteiger charge is 2.40. The number of hydrogen-bond acceptors (Lipinski definition) is 5. The van der Waals surface area contributed by atoms with E-state index >= 15 is 0 Å². The molecule has 0 amide bonds. The number of ketones is 1. The molecule has 0 heterocycles. The molecule has 0 radical (unpaired) electrons. The van der Waals surface area contributed by atoms with Gasteiger partial charge in [0.2, 0.25) is 0 Å². The van der Waals surface area contributed by atoms with E-state index in [0.717, 1.165) is 0 Å². The first kappa shape index (κ1) is 17.1. The topological polar surface area (TPSA) is 97.3 Å². The lowest BCUT2D eigenvalue weighted by Gasteiger charge is -2.37. The highest BCUT2D eigenvalue weighted by atomic mass is 16.4. The Balaban J connectivity index is 2.58. The van der Waals surface area contributed by atoms with Gasteiger partial charge in [0, 0.05) is 12.0 Å². The second-order valence-corrected chi connectivity index (χ2v) is 5.29. The summed E-state index contributed by atoms with van der Waals surface area (Å²) in [7, 11) is 0. The average Bonchev–Trinajstić information content (AvgIpc) is 2.60. The van der Waals surface area contributed by atoms with Crippen molar-refractivity contribution in [3.05, 3.63) is 83.9 Å². The van der Waals surface area contributed by atoms with Crippen molar-refractivity contribution in [1.82, 2.24) is 0 Å². The summed E-state index contributed by atoms with van der Waals surface area (Å²) >= 11 is 0. The highest BCUT2D eigenvalue weighted by Crippen LogP contribution is 2.35. The third-order valence-electron chi connectivity index (χ3n) is 3.90. The summed E-state index contributed by atoms with van der Waals surface area (Å²) in [4.78, 5) is 35.8. The van der Waals surface area contributed by atoms with Gasteiger partial charge in [-0.05, 0) is 11.1 Å². The van der Waals surface area contributed by atoms with Crippen molar-refractivity contribution in [3.8, 4) is 0 Å². The fourth-order valence-corrected chi connectivity index (χ4v) is 2.56. The van der Waals surface area contributed by atoms with Crippen LogP contribution in [0.3, 0.4) is 0 Å². The quantitative estimate of drug-likeness (QED) is 0.538. The van der Waals surface area contributed by atoms with Crippen LogP contribution in [0.25, 0.3) is 0 Å². The largest absolute Gasteiger partial charge is 0.549 e. The van der Waals surface area contributed by atoms with E-state index in [1.165, 1.54) is 24.3 Å². The first-order chi connectivity index (χ1) is 11.4. The van der Waals surface area contributed by atoms with Crippen LogP contribution < -0.4 is 10.2 Å². The zero-order chi connectivity index (χ0) is 17.7. The predicted molar refractivity (Wildman–Crippen MR) is 82.7 cm³/mol. The van der Waals surface area contributed by atoms with Crippen LogP contribution in [0.15, 0.2) is 72.8 Å². The molecule has 0 aliphatic heterocycles. The van der Waals surface area contributed by atoms with Gasteiger partial charge in [-0.2, -0.15) is 0 Å². The number of carboxylic acid groups (broad SMARTS) is 2. The van der Waals surface area contributed by atoms with Gasteiger partial charge in [0.1, 0.15) is 0 Å². The molecule has 0 saturated heterocycles. The van der Waals surface area contributed by atoms with Gasteiger partial charge in [0.05, 0.1) is 17.4 Å². The number of hydrogen-bond donors (Lipinski definition) is 0. The molecule has 1 atom stereocenters. The van der Waals surface area contributed by atoms with Crippen molar-refractivity contribution in [3.63, 3.8) is 0 Å². The van der Waals surface area contributed by atoms with E-state index < -0.39 is 35.1 Å². The molecule has 2 aromatic carbocycles. The first-order valence-corrected chi connectivity index (χ1v) is 7.15. The molecular formula is C19H14O5-2. The van der Waals surface area contributed by atoms with E-state index in [4.69, 9.17) is 0 Å². The molecule has 0 spiro atoms. The molecule has 0 fully saturated rings. The van der Waals surface area contributed by atoms with Gasteiger partial charge < -0.3 is 19.8 Å². The van der Waals surface area contributed by atoms with Gasteiger partial charge >= 0.3 is 0 Å². The number of carbonyl (C=O) groups excluding carboxylic acids is 3. The predicted octanol–water partition coefficient (Wildman–Crippen LogP) is 0.253. The van der Waals surface area contributed by atoms with Gasteiger partial charge in [0.15, 0.2) is 5.78 Å². The number of carbonyl (C=O) groups is 3. The molecule has 0 aliphatic carbocycles. The van der Waals surface area contributed by atoms with Crippen molar-refractivity contribution in [1.29, 1.82) is 0 Å². The molecule has 5 heteroatoms. The number of Topliss-reactive ketones (excluding diaryl/α,β-unsaturated/α-hetero) is 1. The monoisotopic (exact) mass is 322 g/mol. The molecule has 2 aromatic rings. The van der Waals surface area contributed by atoms with E-state index in [1.807, 2.05) is 0 Å². The zero-order valence-corrected chi connectivity index (χ0v) is 12.7. The van der Waals surface area contributed by atoms with Crippen LogP contribution in [-0.4, -0.2) is 17.7 Å². The van der Waals surface area contributed by atoms with E-state index in [9.17, 15) is 24.6 Å². The second-order valence-electron chi connectivity index (χ2n) is 5.29. The summed E-state index contributed by atoms with van der Waals surface area (Å²) in [5.74, 6) is -4.00. The number of rotatable bonds is 7. The Morgan fingerprint density at radius 1 is 0.875 bits per heavy atom. The summed E-state index contributed by atoms with van der Waals surface area (Å²) in [6.07, 6.45) is -0.629. The van der Waals surface area contributed by atoms with Crippen LogP contribution >= 0.6 is 0 Å². The van der Waals surface area contributed by atoms with E-state index in [-0.39, 0.29) is 11.1 Å². The minimum absolute atomic E-state index is 0.100. The van der Waals surface area contributed by atoms with E-state index in [2.05, 4.69) is 6.58 Å². The molecule has 0 N–H and O–H groups in total. The molecule has 1 unspecified atom stereocenters. The standard InChI is InChI=1S/C19H16O5/c1-13(17(21)22)19(18(23)24,15-10-6-3-7-11-15)12-16(20)14-8-4-2-5-9-14/h2-11H,1,12H2,(H,21,22)(H,23,24)/p-2. The number of aliphatic carboxylic acids is 2. The van der Waals surface area contributed by atoms with Crippen molar-refractivity contribution in [2.45, 2.75) is 11.8 Å². The Morgan fingerprint density at radius 3 is 1.83 bits per heavy atom. The minimum Gasteiger partial charge on any atom is -0.549 e. The van der Waals surface area contributed by atoms with E-state index in [1.54, 1.807) is 36.4 Å². The summed E-state index contributed by atoms with van der Waals surface area (Å²) in [5, 5.41) is 23.2. The Bertz CT molecular complexity index is 780. The fraction of sp³-hybridized carbons (Fsp3) is 0.105. The lowest BCUT2D eigenvalue weighted by atomic mass is 9.70. The molecule has 2 rings (SSSR count). The van der Waals surface area contributed by atoms with Gasteiger partial charge in [-0.25, -0.2) is 0 Å². The molecule has 122 valence electrons. The van der Waals surface area contributed by atoms with E-state index in [0.29, 0.717) is 0 Å². The average molecular weight is 322 g/mol. The van der Waals surface area contributed by atoms with Gasteiger partial charge in [-0.1, -0.05) is 67.2 Å². The summed E-state index contributed by atoms with van der Waals surface area (Å²) < 4.78 is 0. The molecule has 0 saturated carbocycles. The first-order valence-electron chi connectivity index (χ1n) is 7.15. The minimum atomic E-state index is -2.20. The van der Waals surface area contributed by atoms with Crippen LogP contribution in [0, 0.1) is 0 Å². The Hall–Kier alpha value is -3.21. The lowest BCUT2D eigenvalue weighted by molar-refractivity contribution is -0.317. The van der Waals surface area contributed by atoms with Crippen molar-refractivity contribution >= 4 is 17.7 Å². The summed E-state index contributed by atoms with van der Waals surface area (Å²) in [6.45, 7) is 3.34. The smallest absolute Gasteiger partial charge is 0.164 e. The Labute approximate surface area is 138 Å². The van der Waals surface area contributed by atoms with Gasteiger partial charge in [0.25, 0.3) is 0 Å². The fourth-order valence-electron chi connectivity index (χ4n) is 2.56. The maximum atomic E-state index is 12.5. The third kappa shape index (κ3) is 3.10. The maximum Gasteiger partial charge on any atom is 0.164 e. The normalized spacial score (nSPS) is 12.8. The highest BCUT2D eigenvalue weighted by molar-refractivity contribution is 6.05. The Morgan fingerprint density at radius 2 is 1.38 bits per heavy atom. The van der Waals surface area contributed by atoms with Crippen LogP contribution in [-0.2, 0) is 15.0 Å². The van der Waals surface area contributed by atoms with Crippen molar-refractivity contribution in [2.75, 3.05) is 0 Å². The summed E-state index contributed by atoms with van der Waals surface area (Å²) in [6, 6.07) is 15.6. The molecule has 24 heavy (non-hydrogen) atoms. The van der Waals surface area contributed by atoms with Gasteiger partial charge in [-0.15, -0.1) is 0 Å². The summed E-state index contributed by atoms with van der Waals surface area (Å²) in [5.41, 5.74) is -2.56. The van der Waals surface area contributed by atoms with Crippen LogP contribution in [0.4, 0.5) is 0 Å². The van der Waals surface area contributed by atoms with Crippen LogP contribution in [0.5, 0.6) is 0 Å². The molecular weight excluding hydrogens is 308 g/mol. The molecule has 0 aromatic heterocycles. The molecule has 0 aliphatic rings. The zero-order valence-electron chi connectivity index (χ0n) is 12.7. The number of benzene rings is 2. The SMILES string of the molecule is C=C(C(=O)[O-])C(CC(=O)c1ccccc1)(C(=O)[O-])c1ccccc1. The Kier molecular flexibility index (Phi) is 4.94. The van der Waals surface area contributed by atoms with Crippen molar-refractivity contribution in [2.24, 2.45) is 0 Å². The second kappa shape index (κ2) is 6.91. The molecule has 5 nitrogen and oxygen atoms in total. The lowest BCUT2D eigenvalue weighted by Crippen LogP contribution is -2.52. The van der Waals surface area contributed by atoms with Gasteiger partial charge in [-0.3, -0.25) is 4.79 Å². The number of carboxylic acids is 2. The van der Waals surface area contributed by atoms with Crippen LogP contribution in [0.1, 0.15) is 22.3 Å². The third-order valence-corrected chi connectivity index (χ3v) is 3.90. The van der Waals surface area contributed by atoms with Crippen molar-refractivity contribution < 1.29 is 24.6 Å². The van der Waals surface area contributed by atoms with Crippen LogP contribution in [0.2, 0.25) is 0 Å². The molecule has 0 bridgehead atoms.